The number of nitrogens with one attached hydrogen (secondary N) is 1. The molecule has 0 saturated carbocycles. The molecular formula is C15H21NO3. The molecule has 1 heterocycles. The zero-order valence-corrected chi connectivity index (χ0v) is 11.8. The summed E-state index contributed by atoms with van der Waals surface area (Å²) in [5.74, 6) is 1.41. The van der Waals surface area contributed by atoms with Gasteiger partial charge in [-0.05, 0) is 31.5 Å². The highest BCUT2D eigenvalue weighted by molar-refractivity contribution is 6.03. The van der Waals surface area contributed by atoms with E-state index in [1.165, 1.54) is 0 Å². The van der Waals surface area contributed by atoms with Crippen LogP contribution in [0, 0.1) is 5.41 Å². The Hall–Kier alpha value is -1.55. The lowest BCUT2D eigenvalue weighted by molar-refractivity contribution is 0.0769. The number of ether oxygens (including phenoxy) is 2. The number of Topliss-reactive ketones (excluding diaryl/α,β-unsaturated/α-hetero) is 1. The van der Waals surface area contributed by atoms with Crippen molar-refractivity contribution in [2.24, 2.45) is 5.41 Å². The van der Waals surface area contributed by atoms with Gasteiger partial charge in [0.05, 0.1) is 19.8 Å². The summed E-state index contributed by atoms with van der Waals surface area (Å²) in [6, 6.07) is 5.35. The maximum atomic E-state index is 12.7. The van der Waals surface area contributed by atoms with Crippen molar-refractivity contribution in [3.63, 3.8) is 0 Å². The summed E-state index contributed by atoms with van der Waals surface area (Å²) >= 11 is 0. The van der Waals surface area contributed by atoms with Crippen LogP contribution in [-0.4, -0.2) is 33.1 Å². The first-order chi connectivity index (χ1) is 9.10. The first-order valence-electron chi connectivity index (χ1n) is 6.58. The van der Waals surface area contributed by atoms with Crippen molar-refractivity contribution >= 4 is 5.78 Å². The number of carbonyl (C=O) groups excluding carboxylic acids is 1. The zero-order chi connectivity index (χ0) is 13.9. The quantitative estimate of drug-likeness (QED) is 0.847. The van der Waals surface area contributed by atoms with E-state index in [-0.39, 0.29) is 11.2 Å². The van der Waals surface area contributed by atoms with Crippen molar-refractivity contribution in [1.29, 1.82) is 0 Å². The molecule has 0 bridgehead atoms. The molecule has 0 spiro atoms. The predicted octanol–water partition coefficient (Wildman–Crippen LogP) is 2.28. The minimum atomic E-state index is -0.347. The Labute approximate surface area is 114 Å². The van der Waals surface area contributed by atoms with E-state index in [2.05, 4.69) is 5.32 Å². The number of benzene rings is 1. The molecule has 1 atom stereocenters. The Morgan fingerprint density at radius 1 is 1.32 bits per heavy atom. The standard InChI is InChI=1S/C15H21NO3/c1-15(7-4-8-16-10-15)14(17)12-6-5-11(18-2)9-13(12)19-3/h5-6,9,16H,4,7-8,10H2,1-3H3. The molecule has 104 valence electrons. The Bertz CT molecular complexity index is 464. The van der Waals surface area contributed by atoms with Crippen molar-refractivity contribution < 1.29 is 14.3 Å². The maximum absolute atomic E-state index is 12.7. The van der Waals surface area contributed by atoms with E-state index in [4.69, 9.17) is 9.47 Å². The number of carbonyl (C=O) groups is 1. The van der Waals surface area contributed by atoms with Crippen LogP contribution in [-0.2, 0) is 0 Å². The van der Waals surface area contributed by atoms with E-state index in [0.29, 0.717) is 17.1 Å². The second-order valence-corrected chi connectivity index (χ2v) is 5.24. The third-order valence-corrected chi connectivity index (χ3v) is 3.80. The van der Waals surface area contributed by atoms with Gasteiger partial charge >= 0.3 is 0 Å². The fourth-order valence-electron chi connectivity index (χ4n) is 2.56. The SMILES string of the molecule is COc1ccc(C(=O)C2(C)CCCNC2)c(OC)c1. The Morgan fingerprint density at radius 3 is 2.68 bits per heavy atom. The summed E-state index contributed by atoms with van der Waals surface area (Å²) in [4.78, 5) is 12.7. The van der Waals surface area contributed by atoms with E-state index in [9.17, 15) is 4.79 Å². The Balaban J connectivity index is 2.32. The summed E-state index contributed by atoms with van der Waals surface area (Å²) in [6.07, 6.45) is 1.94. The lowest BCUT2D eigenvalue weighted by Crippen LogP contribution is -2.43. The first kappa shape index (κ1) is 13.9. The van der Waals surface area contributed by atoms with Crippen LogP contribution in [0.15, 0.2) is 18.2 Å². The average Bonchev–Trinajstić information content (AvgIpc) is 2.46. The van der Waals surface area contributed by atoms with Gasteiger partial charge in [0.15, 0.2) is 5.78 Å². The zero-order valence-electron chi connectivity index (χ0n) is 11.8. The number of methoxy groups -OCH3 is 2. The molecule has 1 fully saturated rings. The summed E-state index contributed by atoms with van der Waals surface area (Å²) in [6.45, 7) is 3.73. The van der Waals surface area contributed by atoms with Gasteiger partial charge in [0.1, 0.15) is 11.5 Å². The van der Waals surface area contributed by atoms with Gasteiger partial charge in [0, 0.05) is 18.0 Å². The largest absolute Gasteiger partial charge is 0.497 e. The van der Waals surface area contributed by atoms with Crippen molar-refractivity contribution in [3.05, 3.63) is 23.8 Å². The molecule has 4 heteroatoms. The van der Waals surface area contributed by atoms with Crippen LogP contribution in [0.25, 0.3) is 0 Å². The molecule has 0 aromatic heterocycles. The van der Waals surface area contributed by atoms with E-state index in [0.717, 1.165) is 25.9 Å². The van der Waals surface area contributed by atoms with Gasteiger partial charge in [0.2, 0.25) is 0 Å². The van der Waals surface area contributed by atoms with Crippen LogP contribution in [0.1, 0.15) is 30.1 Å². The molecule has 1 aliphatic rings. The van der Waals surface area contributed by atoms with Crippen LogP contribution in [0.3, 0.4) is 0 Å². The van der Waals surface area contributed by atoms with Gasteiger partial charge in [-0.25, -0.2) is 0 Å². The van der Waals surface area contributed by atoms with Crippen LogP contribution in [0.5, 0.6) is 11.5 Å². The van der Waals surface area contributed by atoms with E-state index in [1.807, 2.05) is 6.92 Å². The van der Waals surface area contributed by atoms with Crippen LogP contribution < -0.4 is 14.8 Å². The third kappa shape index (κ3) is 2.73. The molecule has 1 N–H and O–H groups in total. The van der Waals surface area contributed by atoms with Gasteiger partial charge in [-0.3, -0.25) is 4.79 Å². The van der Waals surface area contributed by atoms with E-state index in [1.54, 1.807) is 32.4 Å². The second kappa shape index (κ2) is 5.61. The van der Waals surface area contributed by atoms with Gasteiger partial charge in [-0.15, -0.1) is 0 Å². The molecule has 0 aliphatic carbocycles. The first-order valence-corrected chi connectivity index (χ1v) is 6.58. The van der Waals surface area contributed by atoms with Crippen molar-refractivity contribution in [2.75, 3.05) is 27.3 Å². The molecule has 0 radical (unpaired) electrons. The van der Waals surface area contributed by atoms with Crippen LogP contribution in [0.4, 0.5) is 0 Å². The van der Waals surface area contributed by atoms with Gasteiger partial charge in [0.25, 0.3) is 0 Å². The molecule has 1 saturated heterocycles. The highest BCUT2D eigenvalue weighted by Crippen LogP contribution is 2.34. The van der Waals surface area contributed by atoms with Crippen LogP contribution in [0.2, 0.25) is 0 Å². The van der Waals surface area contributed by atoms with E-state index >= 15 is 0 Å². The highest BCUT2D eigenvalue weighted by Gasteiger charge is 2.36. The topological polar surface area (TPSA) is 47.6 Å². The lowest BCUT2D eigenvalue weighted by Gasteiger charge is -2.33. The molecule has 2 rings (SSSR count). The van der Waals surface area contributed by atoms with E-state index < -0.39 is 0 Å². The molecule has 1 aromatic carbocycles. The summed E-state index contributed by atoms with van der Waals surface area (Å²) in [5.41, 5.74) is 0.287. The van der Waals surface area contributed by atoms with Gasteiger partial charge in [-0.2, -0.15) is 0 Å². The number of hydrogen-bond donors (Lipinski definition) is 1. The Morgan fingerprint density at radius 2 is 2.11 bits per heavy atom. The average molecular weight is 263 g/mol. The number of ketones is 1. The second-order valence-electron chi connectivity index (χ2n) is 5.24. The fraction of sp³-hybridized carbons (Fsp3) is 0.533. The van der Waals surface area contributed by atoms with Crippen LogP contribution >= 0.6 is 0 Å². The minimum Gasteiger partial charge on any atom is -0.497 e. The fourth-order valence-corrected chi connectivity index (χ4v) is 2.56. The summed E-state index contributed by atoms with van der Waals surface area (Å²) in [5, 5.41) is 3.30. The maximum Gasteiger partial charge on any atom is 0.173 e. The lowest BCUT2D eigenvalue weighted by atomic mass is 9.76. The molecule has 1 aromatic rings. The van der Waals surface area contributed by atoms with Crippen molar-refractivity contribution in [3.8, 4) is 11.5 Å². The monoisotopic (exact) mass is 263 g/mol. The predicted molar refractivity (Wildman–Crippen MR) is 74.1 cm³/mol. The smallest absolute Gasteiger partial charge is 0.173 e. The van der Waals surface area contributed by atoms with Crippen molar-refractivity contribution in [2.45, 2.75) is 19.8 Å². The number of rotatable bonds is 4. The molecular weight excluding hydrogens is 242 g/mol. The normalized spacial score (nSPS) is 22.9. The highest BCUT2D eigenvalue weighted by atomic mass is 16.5. The third-order valence-electron chi connectivity index (χ3n) is 3.80. The molecule has 4 nitrogen and oxygen atoms in total. The number of piperidine rings is 1. The Kier molecular flexibility index (Phi) is 4.10. The molecule has 1 unspecified atom stereocenters. The summed E-state index contributed by atoms with van der Waals surface area (Å²) in [7, 11) is 3.18. The van der Waals surface area contributed by atoms with Gasteiger partial charge < -0.3 is 14.8 Å². The molecule has 19 heavy (non-hydrogen) atoms. The van der Waals surface area contributed by atoms with Crippen molar-refractivity contribution in [1.82, 2.24) is 5.32 Å². The van der Waals surface area contributed by atoms with Gasteiger partial charge in [-0.1, -0.05) is 6.92 Å². The molecule has 0 amide bonds. The summed E-state index contributed by atoms with van der Waals surface area (Å²) < 4.78 is 10.5. The minimum absolute atomic E-state index is 0.138. The molecule has 1 aliphatic heterocycles. The number of hydrogen-bond acceptors (Lipinski definition) is 4.